The van der Waals surface area contributed by atoms with Crippen LogP contribution in [0.3, 0.4) is 0 Å². The van der Waals surface area contributed by atoms with Crippen LogP contribution >= 0.6 is 0 Å². The van der Waals surface area contributed by atoms with Gasteiger partial charge in [0.1, 0.15) is 0 Å². The van der Waals surface area contributed by atoms with Gasteiger partial charge < -0.3 is 0 Å². The summed E-state index contributed by atoms with van der Waals surface area (Å²) in [5.41, 5.74) is 15.9. The summed E-state index contributed by atoms with van der Waals surface area (Å²) in [6.07, 6.45) is 30.0. The van der Waals surface area contributed by atoms with Gasteiger partial charge in [-0.1, -0.05) is 210 Å². The minimum Gasteiger partial charge on any atom is -0.120 e. The molecule has 0 N–H and O–H groups in total. The predicted molar refractivity (Wildman–Crippen MR) is 260 cm³/mol. The average molecular weight is 799 g/mol. The third-order valence-corrected chi connectivity index (χ3v) is 15.2. The maximum atomic E-state index is 5.83. The van der Waals surface area contributed by atoms with Crippen molar-refractivity contribution in [3.8, 4) is 45.7 Å². The number of rotatable bonds is 13. The van der Waals surface area contributed by atoms with E-state index in [0.717, 1.165) is 43.4 Å². The van der Waals surface area contributed by atoms with Crippen LogP contribution in [-0.2, 0) is 5.41 Å². The van der Waals surface area contributed by atoms with Crippen LogP contribution in [0.2, 0.25) is 0 Å². The summed E-state index contributed by atoms with van der Waals surface area (Å²) in [6.45, 7) is 0. The smallest absolute Gasteiger partial charge is 0.0451 e. The molecule has 3 aliphatic carbocycles. The molecule has 0 spiro atoms. The molecule has 0 aliphatic heterocycles. The summed E-state index contributed by atoms with van der Waals surface area (Å²) in [6, 6.07) is 57.2. The Hall–Kier alpha value is -5.12. The number of hydrogen-bond acceptors (Lipinski definition) is 0. The van der Waals surface area contributed by atoms with E-state index in [2.05, 4.69) is 152 Å². The molecule has 0 heteroatoms. The van der Waals surface area contributed by atoms with Gasteiger partial charge in [0, 0.05) is 11.8 Å². The Kier molecular flexibility index (Phi) is 13.3. The molecule has 61 heavy (non-hydrogen) atoms. The predicted octanol–water partition coefficient (Wildman–Crippen LogP) is 17.4. The van der Waals surface area contributed by atoms with Crippen LogP contribution in [0, 0.1) is 12.3 Å². The Morgan fingerprint density at radius 2 is 0.607 bits per heavy atom. The summed E-state index contributed by atoms with van der Waals surface area (Å²) in [4.78, 5) is 0. The van der Waals surface area contributed by atoms with Crippen LogP contribution in [-0.4, -0.2) is 0 Å². The quantitative estimate of drug-likeness (QED) is 0.0620. The lowest BCUT2D eigenvalue weighted by Gasteiger charge is -2.37. The van der Waals surface area contributed by atoms with Crippen molar-refractivity contribution < 1.29 is 0 Å². The zero-order chi connectivity index (χ0) is 41.3. The standard InChI is InChI=1S/C61H66/c1-2-3-4-14-45-61(58-39-33-55(34-40-58)52-27-21-49(22-28-52)46-15-8-5-9-16-46,59-41-35-56(36-42-59)53-29-23-50(24-30-53)47-17-10-6-11-18-47)60-43-37-57(38-44-60)54-31-25-51(26-32-54)48-19-12-7-13-20-48/h1,21-44,46-48H,3-20,45H2. The SMILES string of the molecule is C#CCCCCC(c1ccc(-c2ccc(C3CCCCC3)cc2)cc1)(c1ccc(-c2ccc(C3CCCCC3)cc2)cc1)c1ccc(-c2ccc(C3CCCCC3)cc2)cc1. The second-order valence-electron chi connectivity index (χ2n) is 18.9. The first kappa shape index (κ1) is 41.2. The van der Waals surface area contributed by atoms with E-state index in [0.29, 0.717) is 0 Å². The van der Waals surface area contributed by atoms with Gasteiger partial charge in [0.25, 0.3) is 0 Å². The van der Waals surface area contributed by atoms with Crippen molar-refractivity contribution in [3.05, 3.63) is 179 Å². The van der Waals surface area contributed by atoms with Gasteiger partial charge in [-0.25, -0.2) is 0 Å². The van der Waals surface area contributed by atoms with Crippen LogP contribution < -0.4 is 0 Å². The van der Waals surface area contributed by atoms with Crippen molar-refractivity contribution in [1.29, 1.82) is 0 Å². The van der Waals surface area contributed by atoms with E-state index in [-0.39, 0.29) is 5.41 Å². The van der Waals surface area contributed by atoms with Gasteiger partial charge in [-0.05, 0) is 136 Å². The normalized spacial score (nSPS) is 16.9. The average Bonchev–Trinajstić information content (AvgIpc) is 3.35. The Labute approximate surface area is 368 Å². The van der Waals surface area contributed by atoms with Crippen molar-refractivity contribution in [2.24, 2.45) is 0 Å². The summed E-state index contributed by atoms with van der Waals surface area (Å²) < 4.78 is 0. The fourth-order valence-electron chi connectivity index (χ4n) is 11.5. The lowest BCUT2D eigenvalue weighted by atomic mass is 9.66. The van der Waals surface area contributed by atoms with E-state index >= 15 is 0 Å². The molecule has 3 fully saturated rings. The van der Waals surface area contributed by atoms with Crippen molar-refractivity contribution in [3.63, 3.8) is 0 Å². The molecule has 3 saturated carbocycles. The fraction of sp³-hybridized carbons (Fsp3) is 0.377. The van der Waals surface area contributed by atoms with Crippen molar-refractivity contribution in [2.45, 2.75) is 145 Å². The summed E-state index contributed by atoms with van der Waals surface area (Å²) in [7, 11) is 0. The highest BCUT2D eigenvalue weighted by molar-refractivity contribution is 5.69. The van der Waals surface area contributed by atoms with Gasteiger partial charge in [0.15, 0.2) is 0 Å². The van der Waals surface area contributed by atoms with E-state index in [1.165, 1.54) is 163 Å². The first-order valence-electron chi connectivity index (χ1n) is 24.2. The maximum absolute atomic E-state index is 5.83. The van der Waals surface area contributed by atoms with E-state index < -0.39 is 0 Å². The Bertz CT molecular complexity index is 2050. The van der Waals surface area contributed by atoms with E-state index in [9.17, 15) is 0 Å². The highest BCUT2D eigenvalue weighted by Crippen LogP contribution is 2.46. The summed E-state index contributed by atoms with van der Waals surface area (Å²) in [5, 5.41) is 0. The van der Waals surface area contributed by atoms with Crippen LogP contribution in [0.5, 0.6) is 0 Å². The molecule has 0 unspecified atom stereocenters. The minimum atomic E-state index is -0.343. The highest BCUT2D eigenvalue weighted by Gasteiger charge is 2.36. The lowest BCUT2D eigenvalue weighted by Crippen LogP contribution is -2.29. The van der Waals surface area contributed by atoms with Crippen molar-refractivity contribution >= 4 is 0 Å². The van der Waals surface area contributed by atoms with Gasteiger partial charge in [0.2, 0.25) is 0 Å². The molecular formula is C61H66. The molecule has 0 amide bonds. The van der Waals surface area contributed by atoms with Gasteiger partial charge >= 0.3 is 0 Å². The second kappa shape index (κ2) is 19.7. The van der Waals surface area contributed by atoms with Crippen LogP contribution in [0.25, 0.3) is 33.4 Å². The molecule has 0 bridgehead atoms. The Morgan fingerprint density at radius 3 is 0.869 bits per heavy atom. The molecule has 0 saturated heterocycles. The second-order valence-corrected chi connectivity index (χ2v) is 18.9. The monoisotopic (exact) mass is 799 g/mol. The molecule has 0 nitrogen and oxygen atoms in total. The topological polar surface area (TPSA) is 0 Å². The molecule has 6 aromatic rings. The lowest BCUT2D eigenvalue weighted by molar-refractivity contribution is 0.443. The van der Waals surface area contributed by atoms with Gasteiger partial charge in [-0.3, -0.25) is 0 Å². The molecule has 6 aromatic carbocycles. The van der Waals surface area contributed by atoms with Gasteiger partial charge in [0.05, 0.1) is 0 Å². The zero-order valence-electron chi connectivity index (χ0n) is 36.6. The first-order chi connectivity index (χ1) is 30.2. The molecule has 0 aromatic heterocycles. The molecule has 0 atom stereocenters. The highest BCUT2D eigenvalue weighted by atomic mass is 14.4. The fourth-order valence-corrected chi connectivity index (χ4v) is 11.5. The van der Waals surface area contributed by atoms with Crippen molar-refractivity contribution in [1.82, 2.24) is 0 Å². The Morgan fingerprint density at radius 1 is 0.344 bits per heavy atom. The number of hydrogen-bond donors (Lipinski definition) is 0. The van der Waals surface area contributed by atoms with E-state index in [1.54, 1.807) is 0 Å². The van der Waals surface area contributed by atoms with Crippen LogP contribution in [0.4, 0.5) is 0 Å². The molecule has 9 rings (SSSR count). The zero-order valence-corrected chi connectivity index (χ0v) is 36.6. The van der Waals surface area contributed by atoms with E-state index in [1.807, 2.05) is 0 Å². The molecular weight excluding hydrogens is 733 g/mol. The summed E-state index contributed by atoms with van der Waals surface area (Å²) in [5.74, 6) is 5.09. The number of unbranched alkanes of at least 4 members (excludes halogenated alkanes) is 2. The third kappa shape index (κ3) is 9.38. The molecule has 0 radical (unpaired) electrons. The van der Waals surface area contributed by atoms with Crippen molar-refractivity contribution in [2.75, 3.05) is 0 Å². The van der Waals surface area contributed by atoms with Gasteiger partial charge in [-0.15, -0.1) is 12.3 Å². The number of terminal acetylenes is 1. The number of benzene rings is 6. The van der Waals surface area contributed by atoms with Gasteiger partial charge in [-0.2, -0.15) is 0 Å². The largest absolute Gasteiger partial charge is 0.120 e. The third-order valence-electron chi connectivity index (χ3n) is 15.2. The minimum absolute atomic E-state index is 0.343. The first-order valence-corrected chi connectivity index (χ1v) is 24.2. The maximum Gasteiger partial charge on any atom is 0.0451 e. The molecule has 3 aliphatic rings. The van der Waals surface area contributed by atoms with E-state index in [4.69, 9.17) is 6.42 Å². The summed E-state index contributed by atoms with van der Waals surface area (Å²) >= 11 is 0. The van der Waals surface area contributed by atoms with Crippen LogP contribution in [0.15, 0.2) is 146 Å². The van der Waals surface area contributed by atoms with Crippen LogP contribution in [0.1, 0.15) is 173 Å². The Balaban J connectivity index is 1.06. The molecule has 0 heterocycles. The molecule has 310 valence electrons.